The molecule has 2 unspecified atom stereocenters. The van der Waals surface area contributed by atoms with Gasteiger partial charge in [-0.15, -0.1) is 15.3 Å². The number of fused-ring (bicyclic) bond motifs is 1. The van der Waals surface area contributed by atoms with E-state index in [-0.39, 0.29) is 37.3 Å². The fourth-order valence-corrected chi connectivity index (χ4v) is 2.88. The molecule has 0 saturated carbocycles. The van der Waals surface area contributed by atoms with E-state index >= 15 is 0 Å². The third-order valence-corrected chi connectivity index (χ3v) is 4.40. The number of halogens is 3. The molecule has 3 heterocycles. The van der Waals surface area contributed by atoms with Crippen LogP contribution in [-0.4, -0.2) is 52.3 Å². The van der Waals surface area contributed by atoms with Crippen LogP contribution in [0.1, 0.15) is 38.0 Å². The van der Waals surface area contributed by atoms with Gasteiger partial charge in [0.05, 0.1) is 6.54 Å². The maximum Gasteiger partial charge on any atom is 0.451 e. The van der Waals surface area contributed by atoms with Crippen molar-refractivity contribution in [1.82, 2.24) is 39.9 Å². The Hall–Kier alpha value is -2.53. The van der Waals surface area contributed by atoms with Crippen LogP contribution in [0.5, 0.6) is 0 Å². The highest BCUT2D eigenvalue weighted by atomic mass is 19.4. The zero-order chi connectivity index (χ0) is 18.2. The van der Waals surface area contributed by atoms with Gasteiger partial charge in [-0.3, -0.25) is 4.79 Å². The molecule has 0 N–H and O–H groups in total. The molecule has 0 bridgehead atoms. The average Bonchev–Trinajstić information content (AvgIpc) is 3.22. The van der Waals surface area contributed by atoms with Crippen molar-refractivity contribution in [3.05, 3.63) is 18.0 Å². The molecule has 1 aliphatic heterocycles. The van der Waals surface area contributed by atoms with Crippen molar-refractivity contribution in [1.29, 1.82) is 0 Å². The first-order valence-corrected chi connectivity index (χ1v) is 7.83. The smallest absolute Gasteiger partial charge is 0.331 e. The lowest BCUT2D eigenvalue weighted by Crippen LogP contribution is -2.44. The number of carbonyl (C=O) groups is 1. The highest BCUT2D eigenvalue weighted by molar-refractivity contribution is 5.80. The van der Waals surface area contributed by atoms with Crippen molar-refractivity contribution in [3.63, 3.8) is 0 Å². The van der Waals surface area contributed by atoms with Crippen molar-refractivity contribution >= 4 is 5.91 Å². The summed E-state index contributed by atoms with van der Waals surface area (Å²) >= 11 is 0. The maximum absolute atomic E-state index is 12.9. The maximum atomic E-state index is 12.9. The summed E-state index contributed by atoms with van der Waals surface area (Å²) in [5, 5.41) is 17.8. The van der Waals surface area contributed by atoms with Gasteiger partial charge < -0.3 is 9.47 Å². The molecule has 0 fully saturated rings. The van der Waals surface area contributed by atoms with Gasteiger partial charge in [-0.05, 0) is 16.3 Å². The SMILES string of the molecule is CCC(C)C(C(=O)N1CCn2c(nnc2C(F)(F)F)C1)n1cnnn1. The Morgan fingerprint density at radius 2 is 2.08 bits per heavy atom. The molecule has 3 rings (SSSR count). The Morgan fingerprint density at radius 3 is 2.68 bits per heavy atom. The number of aromatic nitrogens is 7. The summed E-state index contributed by atoms with van der Waals surface area (Å²) in [4.78, 5) is 14.4. The molecule has 2 aromatic heterocycles. The van der Waals surface area contributed by atoms with E-state index in [0.717, 1.165) is 11.0 Å². The fourth-order valence-electron chi connectivity index (χ4n) is 2.88. The lowest BCUT2D eigenvalue weighted by atomic mass is 9.98. The van der Waals surface area contributed by atoms with Crippen LogP contribution in [-0.2, 0) is 24.1 Å². The number of hydrogen-bond donors (Lipinski definition) is 0. The predicted octanol–water partition coefficient (Wildman–Crippen LogP) is 0.913. The zero-order valence-electron chi connectivity index (χ0n) is 13.7. The molecule has 136 valence electrons. The van der Waals surface area contributed by atoms with Gasteiger partial charge in [0.25, 0.3) is 0 Å². The number of carbonyl (C=O) groups excluding carboxylic acids is 1. The molecule has 0 spiro atoms. The molecule has 2 atom stereocenters. The van der Waals surface area contributed by atoms with E-state index < -0.39 is 18.0 Å². The highest BCUT2D eigenvalue weighted by Gasteiger charge is 2.41. The molecule has 25 heavy (non-hydrogen) atoms. The van der Waals surface area contributed by atoms with Crippen LogP contribution in [0, 0.1) is 5.92 Å². The number of alkyl halides is 3. The van der Waals surface area contributed by atoms with Crippen LogP contribution in [0.3, 0.4) is 0 Å². The minimum atomic E-state index is -4.57. The van der Waals surface area contributed by atoms with Gasteiger partial charge in [-0.2, -0.15) is 13.2 Å². The van der Waals surface area contributed by atoms with Crippen LogP contribution in [0.4, 0.5) is 13.2 Å². The Morgan fingerprint density at radius 1 is 1.32 bits per heavy atom. The Bertz CT molecular complexity index is 741. The van der Waals surface area contributed by atoms with E-state index in [1.54, 1.807) is 0 Å². The van der Waals surface area contributed by atoms with Gasteiger partial charge in [0.15, 0.2) is 5.82 Å². The number of hydrogen-bond acceptors (Lipinski definition) is 6. The van der Waals surface area contributed by atoms with Crippen molar-refractivity contribution in [2.24, 2.45) is 5.92 Å². The number of amides is 1. The van der Waals surface area contributed by atoms with E-state index in [4.69, 9.17) is 0 Å². The number of tetrazole rings is 1. The second-order valence-electron chi connectivity index (χ2n) is 5.97. The second kappa shape index (κ2) is 6.41. The monoisotopic (exact) mass is 358 g/mol. The molecule has 12 heteroatoms. The van der Waals surface area contributed by atoms with Gasteiger partial charge in [0.2, 0.25) is 11.7 Å². The van der Waals surface area contributed by atoms with Crippen LogP contribution in [0.25, 0.3) is 0 Å². The van der Waals surface area contributed by atoms with Gasteiger partial charge in [-0.25, -0.2) is 4.68 Å². The van der Waals surface area contributed by atoms with Crippen molar-refractivity contribution in [2.45, 2.75) is 45.6 Å². The van der Waals surface area contributed by atoms with Gasteiger partial charge in [0.1, 0.15) is 12.4 Å². The van der Waals surface area contributed by atoms with Crippen LogP contribution in [0.15, 0.2) is 6.33 Å². The largest absolute Gasteiger partial charge is 0.451 e. The highest BCUT2D eigenvalue weighted by Crippen LogP contribution is 2.30. The normalized spacial score (nSPS) is 17.2. The zero-order valence-corrected chi connectivity index (χ0v) is 13.7. The number of rotatable bonds is 4. The van der Waals surface area contributed by atoms with E-state index in [0.29, 0.717) is 0 Å². The predicted molar refractivity (Wildman–Crippen MR) is 76.8 cm³/mol. The summed E-state index contributed by atoms with van der Waals surface area (Å²) in [7, 11) is 0. The molecular weight excluding hydrogens is 341 g/mol. The second-order valence-corrected chi connectivity index (χ2v) is 5.97. The van der Waals surface area contributed by atoms with E-state index in [2.05, 4.69) is 25.7 Å². The van der Waals surface area contributed by atoms with Gasteiger partial charge >= 0.3 is 6.18 Å². The van der Waals surface area contributed by atoms with Gasteiger partial charge in [0, 0.05) is 13.1 Å². The van der Waals surface area contributed by atoms with Gasteiger partial charge in [-0.1, -0.05) is 20.3 Å². The minimum absolute atomic E-state index is 0.00818. The van der Waals surface area contributed by atoms with Crippen LogP contribution < -0.4 is 0 Å². The van der Waals surface area contributed by atoms with Crippen molar-refractivity contribution < 1.29 is 18.0 Å². The molecule has 1 aliphatic rings. The first kappa shape index (κ1) is 17.3. The molecular formula is C13H17F3N8O. The third-order valence-electron chi connectivity index (χ3n) is 4.40. The molecule has 0 radical (unpaired) electrons. The van der Waals surface area contributed by atoms with E-state index in [9.17, 15) is 18.0 Å². The van der Waals surface area contributed by atoms with Crippen molar-refractivity contribution in [2.75, 3.05) is 6.54 Å². The summed E-state index contributed by atoms with van der Waals surface area (Å²) in [6.45, 7) is 3.95. The van der Waals surface area contributed by atoms with Crippen molar-refractivity contribution in [3.8, 4) is 0 Å². The molecule has 2 aromatic rings. The molecule has 0 aromatic carbocycles. The topological polar surface area (TPSA) is 94.6 Å². The summed E-state index contributed by atoms with van der Waals surface area (Å²) < 4.78 is 41.1. The Kier molecular flexibility index (Phi) is 4.43. The first-order chi connectivity index (χ1) is 11.8. The summed E-state index contributed by atoms with van der Waals surface area (Å²) in [6.07, 6.45) is -2.48. The Balaban J connectivity index is 1.83. The first-order valence-electron chi connectivity index (χ1n) is 7.83. The summed E-state index contributed by atoms with van der Waals surface area (Å²) in [5.74, 6) is -1.20. The minimum Gasteiger partial charge on any atom is -0.331 e. The third kappa shape index (κ3) is 3.20. The lowest BCUT2D eigenvalue weighted by molar-refractivity contribution is -0.148. The number of nitrogens with zero attached hydrogens (tertiary/aromatic N) is 8. The average molecular weight is 358 g/mol. The van der Waals surface area contributed by atoms with E-state index in [1.165, 1.54) is 15.9 Å². The Labute approximate surface area is 140 Å². The molecule has 1 amide bonds. The van der Waals surface area contributed by atoms with Crippen LogP contribution >= 0.6 is 0 Å². The van der Waals surface area contributed by atoms with Crippen LogP contribution in [0.2, 0.25) is 0 Å². The quantitative estimate of drug-likeness (QED) is 0.806. The summed E-state index contributed by atoms with van der Waals surface area (Å²) in [6, 6.07) is -0.614. The fraction of sp³-hybridized carbons (Fsp3) is 0.692. The molecule has 0 saturated heterocycles. The standard InChI is InChI=1S/C13H17F3N8O/c1-3-8(2)10(24-7-17-20-21-24)11(25)22-4-5-23-9(6-22)18-19-12(23)13(14,15)16/h7-8,10H,3-6H2,1-2H3. The lowest BCUT2D eigenvalue weighted by Gasteiger charge is -2.32. The summed E-state index contributed by atoms with van der Waals surface area (Å²) in [5.41, 5.74) is 0. The van der Waals surface area contributed by atoms with E-state index in [1.807, 2.05) is 13.8 Å². The molecule has 0 aliphatic carbocycles. The molecule has 9 nitrogen and oxygen atoms in total.